The summed E-state index contributed by atoms with van der Waals surface area (Å²) in [5.74, 6) is 1.63. The molecule has 2 rings (SSSR count). The van der Waals surface area contributed by atoms with Crippen molar-refractivity contribution in [3.63, 3.8) is 0 Å². The molecule has 1 aliphatic carbocycles. The predicted molar refractivity (Wildman–Crippen MR) is 81.7 cm³/mol. The molecule has 1 saturated carbocycles. The van der Waals surface area contributed by atoms with Crippen LogP contribution in [-0.4, -0.2) is 35.1 Å². The minimum Gasteiger partial charge on any atom is -0.481 e. The molecule has 20 heavy (non-hydrogen) atoms. The lowest BCUT2D eigenvalue weighted by atomic mass is 9.75. The van der Waals surface area contributed by atoms with Crippen LogP contribution in [0.3, 0.4) is 0 Å². The van der Waals surface area contributed by atoms with E-state index in [0.717, 1.165) is 50.1 Å². The standard InChI is InChI=1S/C17H31NO2/c1-4-13-5-6-15(17(19)20)16(11-13)18-9-7-14(8-10-18)12(2)3/h12-16H,4-11H2,1-3H3,(H,19,20). The van der Waals surface area contributed by atoms with Gasteiger partial charge >= 0.3 is 5.97 Å². The third-order valence-electron chi connectivity index (χ3n) is 5.81. The fourth-order valence-electron chi connectivity index (χ4n) is 4.21. The Kier molecular flexibility index (Phi) is 5.48. The minimum atomic E-state index is -0.574. The summed E-state index contributed by atoms with van der Waals surface area (Å²) in [5, 5.41) is 9.51. The molecule has 1 aliphatic heterocycles. The maximum absolute atomic E-state index is 11.5. The Balaban J connectivity index is 1.98. The zero-order chi connectivity index (χ0) is 14.7. The summed E-state index contributed by atoms with van der Waals surface area (Å²) in [7, 11) is 0. The van der Waals surface area contributed by atoms with E-state index in [1.807, 2.05) is 0 Å². The van der Waals surface area contributed by atoms with Gasteiger partial charge in [0.05, 0.1) is 5.92 Å². The molecule has 0 radical (unpaired) electrons. The van der Waals surface area contributed by atoms with Gasteiger partial charge in [-0.2, -0.15) is 0 Å². The van der Waals surface area contributed by atoms with Crippen LogP contribution in [0.25, 0.3) is 0 Å². The Morgan fingerprint density at radius 3 is 2.35 bits per heavy atom. The minimum absolute atomic E-state index is 0.131. The van der Waals surface area contributed by atoms with Gasteiger partial charge < -0.3 is 5.11 Å². The topological polar surface area (TPSA) is 40.5 Å². The first-order valence-electron chi connectivity index (χ1n) is 8.49. The van der Waals surface area contributed by atoms with E-state index in [9.17, 15) is 9.90 Å². The van der Waals surface area contributed by atoms with Crippen LogP contribution in [0.2, 0.25) is 0 Å². The number of likely N-dealkylation sites (tertiary alicyclic amines) is 1. The van der Waals surface area contributed by atoms with Gasteiger partial charge in [0.25, 0.3) is 0 Å². The van der Waals surface area contributed by atoms with E-state index < -0.39 is 5.97 Å². The number of carboxylic acid groups (broad SMARTS) is 1. The largest absolute Gasteiger partial charge is 0.481 e. The lowest BCUT2D eigenvalue weighted by Gasteiger charge is -2.44. The molecule has 3 atom stereocenters. The summed E-state index contributed by atoms with van der Waals surface area (Å²) >= 11 is 0. The van der Waals surface area contributed by atoms with Gasteiger partial charge in [0.2, 0.25) is 0 Å². The molecule has 3 unspecified atom stereocenters. The molecular formula is C17H31NO2. The van der Waals surface area contributed by atoms with Gasteiger partial charge in [0.15, 0.2) is 0 Å². The van der Waals surface area contributed by atoms with Crippen molar-refractivity contribution >= 4 is 5.97 Å². The number of hydrogen-bond acceptors (Lipinski definition) is 2. The van der Waals surface area contributed by atoms with Crippen LogP contribution in [0.15, 0.2) is 0 Å². The van der Waals surface area contributed by atoms with Crippen molar-refractivity contribution in [2.45, 2.75) is 65.3 Å². The maximum atomic E-state index is 11.5. The second-order valence-corrected chi connectivity index (χ2v) is 7.22. The number of rotatable bonds is 4. The maximum Gasteiger partial charge on any atom is 0.308 e. The van der Waals surface area contributed by atoms with Gasteiger partial charge in [-0.15, -0.1) is 0 Å². The highest BCUT2D eigenvalue weighted by Crippen LogP contribution is 2.36. The van der Waals surface area contributed by atoms with Crippen molar-refractivity contribution in [1.29, 1.82) is 0 Å². The van der Waals surface area contributed by atoms with E-state index in [1.165, 1.54) is 19.3 Å². The van der Waals surface area contributed by atoms with E-state index in [0.29, 0.717) is 6.04 Å². The number of nitrogens with zero attached hydrogens (tertiary/aromatic N) is 1. The molecule has 2 aliphatic rings. The van der Waals surface area contributed by atoms with E-state index >= 15 is 0 Å². The first kappa shape index (κ1) is 15.8. The molecule has 3 nitrogen and oxygen atoms in total. The van der Waals surface area contributed by atoms with Gasteiger partial charge in [-0.25, -0.2) is 0 Å². The van der Waals surface area contributed by atoms with Crippen molar-refractivity contribution < 1.29 is 9.90 Å². The van der Waals surface area contributed by atoms with Crippen LogP contribution in [0.1, 0.15) is 59.3 Å². The zero-order valence-electron chi connectivity index (χ0n) is 13.3. The first-order chi connectivity index (χ1) is 9.52. The number of aliphatic carboxylic acids is 1. The van der Waals surface area contributed by atoms with Crippen molar-refractivity contribution in [3.8, 4) is 0 Å². The SMILES string of the molecule is CCC1CCC(C(=O)O)C(N2CCC(C(C)C)CC2)C1. The van der Waals surface area contributed by atoms with Crippen molar-refractivity contribution in [1.82, 2.24) is 4.90 Å². The Hall–Kier alpha value is -0.570. The second-order valence-electron chi connectivity index (χ2n) is 7.22. The Morgan fingerprint density at radius 2 is 1.85 bits per heavy atom. The van der Waals surface area contributed by atoms with E-state index in [-0.39, 0.29) is 5.92 Å². The number of carboxylic acids is 1. The highest BCUT2D eigenvalue weighted by atomic mass is 16.4. The molecular weight excluding hydrogens is 250 g/mol. The molecule has 3 heteroatoms. The Bertz CT molecular complexity index is 321. The number of piperidine rings is 1. The molecule has 0 bridgehead atoms. The number of carbonyl (C=O) groups is 1. The summed E-state index contributed by atoms with van der Waals surface area (Å²) in [6.45, 7) is 9.08. The van der Waals surface area contributed by atoms with Crippen molar-refractivity contribution in [2.24, 2.45) is 23.7 Å². The molecule has 0 amide bonds. The van der Waals surface area contributed by atoms with Crippen LogP contribution in [0.4, 0.5) is 0 Å². The van der Waals surface area contributed by atoms with E-state index in [2.05, 4.69) is 25.7 Å². The lowest BCUT2D eigenvalue weighted by molar-refractivity contribution is -0.146. The molecule has 0 aromatic carbocycles. The Morgan fingerprint density at radius 1 is 1.20 bits per heavy atom. The smallest absolute Gasteiger partial charge is 0.308 e. The third kappa shape index (κ3) is 3.55. The van der Waals surface area contributed by atoms with Crippen LogP contribution < -0.4 is 0 Å². The summed E-state index contributed by atoms with van der Waals surface area (Å²) in [6.07, 6.45) is 6.77. The quantitative estimate of drug-likeness (QED) is 0.855. The van der Waals surface area contributed by atoms with Crippen molar-refractivity contribution in [3.05, 3.63) is 0 Å². The lowest BCUT2D eigenvalue weighted by Crippen LogP contribution is -2.50. The molecule has 0 aromatic heterocycles. The normalized spacial score (nSPS) is 33.5. The summed E-state index contributed by atoms with van der Waals surface area (Å²) in [6, 6.07) is 0.291. The summed E-state index contributed by atoms with van der Waals surface area (Å²) < 4.78 is 0. The van der Waals surface area contributed by atoms with Crippen LogP contribution >= 0.6 is 0 Å². The van der Waals surface area contributed by atoms with Gasteiger partial charge in [-0.3, -0.25) is 9.69 Å². The average molecular weight is 281 g/mol. The molecule has 0 spiro atoms. The van der Waals surface area contributed by atoms with Crippen LogP contribution in [0.5, 0.6) is 0 Å². The fraction of sp³-hybridized carbons (Fsp3) is 0.941. The molecule has 1 heterocycles. The average Bonchev–Trinajstić information content (AvgIpc) is 2.46. The van der Waals surface area contributed by atoms with Gasteiger partial charge in [-0.05, 0) is 62.9 Å². The molecule has 116 valence electrons. The highest BCUT2D eigenvalue weighted by Gasteiger charge is 2.39. The van der Waals surface area contributed by atoms with Crippen LogP contribution in [0, 0.1) is 23.7 Å². The highest BCUT2D eigenvalue weighted by molar-refractivity contribution is 5.71. The first-order valence-corrected chi connectivity index (χ1v) is 8.49. The number of hydrogen-bond donors (Lipinski definition) is 1. The van der Waals surface area contributed by atoms with E-state index in [4.69, 9.17) is 0 Å². The molecule has 0 aromatic rings. The second kappa shape index (κ2) is 6.93. The fourth-order valence-corrected chi connectivity index (χ4v) is 4.21. The van der Waals surface area contributed by atoms with Gasteiger partial charge in [-0.1, -0.05) is 27.2 Å². The van der Waals surface area contributed by atoms with E-state index in [1.54, 1.807) is 0 Å². The van der Waals surface area contributed by atoms with Gasteiger partial charge in [0.1, 0.15) is 0 Å². The molecule has 1 N–H and O–H groups in total. The monoisotopic (exact) mass is 281 g/mol. The van der Waals surface area contributed by atoms with Crippen LogP contribution in [-0.2, 0) is 4.79 Å². The Labute approximate surface area is 123 Å². The molecule has 2 fully saturated rings. The van der Waals surface area contributed by atoms with Crippen molar-refractivity contribution in [2.75, 3.05) is 13.1 Å². The van der Waals surface area contributed by atoms with Gasteiger partial charge in [0, 0.05) is 6.04 Å². The summed E-state index contributed by atoms with van der Waals surface area (Å²) in [5.41, 5.74) is 0. The summed E-state index contributed by atoms with van der Waals surface area (Å²) in [4.78, 5) is 14.0. The third-order valence-corrected chi connectivity index (χ3v) is 5.81. The zero-order valence-corrected chi connectivity index (χ0v) is 13.3. The predicted octanol–water partition coefficient (Wildman–Crippen LogP) is 3.63. The molecule has 1 saturated heterocycles.